The van der Waals surface area contributed by atoms with Crippen molar-refractivity contribution in [2.75, 3.05) is 13.1 Å². The summed E-state index contributed by atoms with van der Waals surface area (Å²) < 4.78 is 0. The number of piperidine rings is 1. The van der Waals surface area contributed by atoms with Crippen LogP contribution in [-0.4, -0.2) is 29.2 Å². The van der Waals surface area contributed by atoms with Crippen LogP contribution in [0.4, 0.5) is 0 Å². The Kier molecular flexibility index (Phi) is 3.26. The van der Waals surface area contributed by atoms with E-state index in [0.717, 1.165) is 0 Å². The average Bonchev–Trinajstić information content (AvgIpc) is 2.15. The van der Waals surface area contributed by atoms with Crippen LogP contribution in [0.1, 0.15) is 12.8 Å². The third kappa shape index (κ3) is 3.11. The molecular formula is C8H10N2O3. The first kappa shape index (κ1) is 9.52. The minimum atomic E-state index is -1.10. The fraction of sp³-hybridized carbons (Fsp3) is 0.625. The first-order chi connectivity index (χ1) is 6.22. The molecule has 0 aromatic heterocycles. The summed E-state index contributed by atoms with van der Waals surface area (Å²) in [7, 11) is 0. The van der Waals surface area contributed by atoms with Crippen molar-refractivity contribution in [2.45, 2.75) is 12.8 Å². The van der Waals surface area contributed by atoms with Crippen molar-refractivity contribution >= 4 is 5.97 Å². The Morgan fingerprint density at radius 2 is 2.08 bits per heavy atom. The van der Waals surface area contributed by atoms with Gasteiger partial charge in [-0.1, -0.05) is 5.92 Å². The van der Waals surface area contributed by atoms with Crippen LogP contribution in [0.2, 0.25) is 0 Å². The number of carboxylic acid groups (broad SMARTS) is 1. The van der Waals surface area contributed by atoms with Gasteiger partial charge in [-0.2, -0.15) is 0 Å². The van der Waals surface area contributed by atoms with E-state index < -0.39 is 5.97 Å². The Balaban J connectivity index is 2.38. The second kappa shape index (κ2) is 4.45. The molecule has 0 amide bonds. The van der Waals surface area contributed by atoms with Crippen LogP contribution in [0.3, 0.4) is 0 Å². The maximum Gasteiger partial charge on any atom is 0.381 e. The molecule has 0 bridgehead atoms. The van der Waals surface area contributed by atoms with E-state index in [-0.39, 0.29) is 5.92 Å². The van der Waals surface area contributed by atoms with Crippen LogP contribution in [0.15, 0.2) is 5.29 Å². The van der Waals surface area contributed by atoms with Crippen molar-refractivity contribution in [1.82, 2.24) is 5.01 Å². The summed E-state index contributed by atoms with van der Waals surface area (Å²) in [5, 5.41) is 12.5. The highest BCUT2D eigenvalue weighted by molar-refractivity contribution is 5.86. The fourth-order valence-electron chi connectivity index (χ4n) is 1.26. The van der Waals surface area contributed by atoms with Gasteiger partial charge in [0.25, 0.3) is 0 Å². The lowest BCUT2D eigenvalue weighted by Gasteiger charge is -2.23. The van der Waals surface area contributed by atoms with E-state index >= 15 is 0 Å². The molecule has 70 valence electrons. The maximum absolute atomic E-state index is 10.1. The zero-order chi connectivity index (χ0) is 9.68. The minimum Gasteiger partial charge on any atom is -0.472 e. The van der Waals surface area contributed by atoms with Gasteiger partial charge in [0.15, 0.2) is 0 Å². The number of aliphatic carboxylic acids is 1. The monoisotopic (exact) mass is 182 g/mol. The molecule has 0 aliphatic carbocycles. The van der Waals surface area contributed by atoms with Gasteiger partial charge in [0, 0.05) is 24.9 Å². The van der Waals surface area contributed by atoms with Gasteiger partial charge >= 0.3 is 5.97 Å². The number of hydrogen-bond acceptors (Lipinski definition) is 3. The quantitative estimate of drug-likeness (QED) is 0.472. The van der Waals surface area contributed by atoms with Crippen LogP contribution < -0.4 is 0 Å². The van der Waals surface area contributed by atoms with Crippen LogP contribution in [0.5, 0.6) is 0 Å². The normalized spacial score (nSPS) is 17.4. The van der Waals surface area contributed by atoms with Crippen LogP contribution >= 0.6 is 0 Å². The summed E-state index contributed by atoms with van der Waals surface area (Å²) in [6.45, 7) is 1.14. The second-order valence-electron chi connectivity index (χ2n) is 2.88. The van der Waals surface area contributed by atoms with Crippen molar-refractivity contribution in [1.29, 1.82) is 0 Å². The third-order valence-corrected chi connectivity index (χ3v) is 1.97. The van der Waals surface area contributed by atoms with Gasteiger partial charge in [-0.3, -0.25) is 5.01 Å². The molecule has 0 radical (unpaired) electrons. The lowest BCUT2D eigenvalue weighted by Crippen LogP contribution is -2.28. The van der Waals surface area contributed by atoms with E-state index in [9.17, 15) is 9.70 Å². The largest absolute Gasteiger partial charge is 0.472 e. The Bertz CT molecular complexity index is 258. The van der Waals surface area contributed by atoms with Gasteiger partial charge < -0.3 is 5.11 Å². The molecule has 13 heavy (non-hydrogen) atoms. The summed E-state index contributed by atoms with van der Waals surface area (Å²) >= 11 is 0. The van der Waals surface area contributed by atoms with Crippen molar-refractivity contribution < 1.29 is 9.90 Å². The van der Waals surface area contributed by atoms with Gasteiger partial charge in [0.2, 0.25) is 0 Å². The van der Waals surface area contributed by atoms with Crippen molar-refractivity contribution in [3.63, 3.8) is 0 Å². The first-order valence-corrected chi connectivity index (χ1v) is 4.05. The van der Waals surface area contributed by atoms with Crippen LogP contribution in [0.25, 0.3) is 0 Å². The predicted molar refractivity (Wildman–Crippen MR) is 45.5 cm³/mol. The highest BCUT2D eigenvalue weighted by Gasteiger charge is 2.16. The van der Waals surface area contributed by atoms with Gasteiger partial charge in [-0.25, -0.2) is 4.79 Å². The molecule has 1 aliphatic heterocycles. The Hall–Kier alpha value is -1.57. The number of nitrogens with zero attached hydrogens (tertiary/aromatic N) is 2. The topological polar surface area (TPSA) is 70.0 Å². The highest BCUT2D eigenvalue weighted by atomic mass is 16.4. The van der Waals surface area contributed by atoms with Crippen molar-refractivity contribution in [2.24, 2.45) is 11.2 Å². The van der Waals surface area contributed by atoms with E-state index in [2.05, 4.69) is 17.1 Å². The average molecular weight is 182 g/mol. The molecule has 0 aromatic rings. The van der Waals surface area contributed by atoms with Crippen LogP contribution in [0, 0.1) is 22.7 Å². The molecule has 5 heteroatoms. The third-order valence-electron chi connectivity index (χ3n) is 1.97. The number of carboxylic acids is 1. The number of hydrogen-bond donors (Lipinski definition) is 1. The Morgan fingerprint density at radius 1 is 1.46 bits per heavy atom. The van der Waals surface area contributed by atoms with E-state index in [1.165, 1.54) is 5.01 Å². The molecule has 1 fully saturated rings. The Morgan fingerprint density at radius 3 is 2.54 bits per heavy atom. The lowest BCUT2D eigenvalue weighted by molar-refractivity contribution is -0.130. The molecule has 1 N–H and O–H groups in total. The molecule has 1 heterocycles. The molecule has 1 aliphatic rings. The van der Waals surface area contributed by atoms with E-state index in [0.29, 0.717) is 25.9 Å². The fourth-order valence-corrected chi connectivity index (χ4v) is 1.26. The summed E-state index contributed by atoms with van der Waals surface area (Å²) in [6, 6.07) is 0. The number of nitroso groups, excluding NO2 is 1. The molecule has 1 rings (SSSR count). The van der Waals surface area contributed by atoms with Crippen molar-refractivity contribution in [3.8, 4) is 11.8 Å². The van der Waals surface area contributed by atoms with Gasteiger partial charge in [0.05, 0.1) is 5.29 Å². The summed E-state index contributed by atoms with van der Waals surface area (Å²) in [4.78, 5) is 20.2. The maximum atomic E-state index is 10.1. The molecule has 0 saturated carbocycles. The molecule has 0 aromatic carbocycles. The number of carbonyl (C=O) groups is 1. The number of rotatable bonds is 1. The van der Waals surface area contributed by atoms with Gasteiger partial charge in [-0.05, 0) is 12.8 Å². The van der Waals surface area contributed by atoms with Crippen LogP contribution in [-0.2, 0) is 4.79 Å². The molecule has 5 nitrogen and oxygen atoms in total. The molecule has 0 atom stereocenters. The van der Waals surface area contributed by atoms with E-state index in [1.807, 2.05) is 0 Å². The summed E-state index contributed by atoms with van der Waals surface area (Å²) in [5.74, 6) is 3.72. The standard InChI is InChI=1S/C8H10N2O3/c11-8(12)2-1-7-3-5-10(9-13)6-4-7/h7H,3-6H2,(H,11,12). The molecule has 1 saturated heterocycles. The lowest BCUT2D eigenvalue weighted by atomic mass is 9.98. The molecule has 0 unspecified atom stereocenters. The zero-order valence-corrected chi connectivity index (χ0v) is 7.06. The summed E-state index contributed by atoms with van der Waals surface area (Å²) in [5.41, 5.74) is 0. The minimum absolute atomic E-state index is 0.0918. The van der Waals surface area contributed by atoms with E-state index in [4.69, 9.17) is 5.11 Å². The first-order valence-electron chi connectivity index (χ1n) is 4.05. The summed E-state index contributed by atoms with van der Waals surface area (Å²) in [6.07, 6.45) is 1.43. The smallest absolute Gasteiger partial charge is 0.381 e. The van der Waals surface area contributed by atoms with Crippen molar-refractivity contribution in [3.05, 3.63) is 4.91 Å². The molecular weight excluding hydrogens is 172 g/mol. The second-order valence-corrected chi connectivity index (χ2v) is 2.88. The predicted octanol–water partition coefficient (Wildman–Crippen LogP) is 0.468. The highest BCUT2D eigenvalue weighted by Crippen LogP contribution is 2.15. The SMILES string of the molecule is O=NN1CCC(C#CC(=O)O)CC1. The Labute approximate surface area is 75.7 Å². The van der Waals surface area contributed by atoms with E-state index in [1.54, 1.807) is 0 Å². The zero-order valence-electron chi connectivity index (χ0n) is 7.06. The van der Waals surface area contributed by atoms with Gasteiger partial charge in [-0.15, -0.1) is 4.91 Å². The molecule has 0 spiro atoms. The van der Waals surface area contributed by atoms with Gasteiger partial charge in [0.1, 0.15) is 0 Å².